The van der Waals surface area contributed by atoms with Crippen molar-refractivity contribution in [1.29, 1.82) is 0 Å². The zero-order valence-electron chi connectivity index (χ0n) is 11.4. The average Bonchev–Trinajstić information content (AvgIpc) is 2.68. The third kappa shape index (κ3) is 2.57. The zero-order chi connectivity index (χ0) is 14.9. The number of primary amides is 1. The fourth-order valence-electron chi connectivity index (χ4n) is 2.26. The number of carbonyl (C=O) groups excluding carboxylic acids is 1. The Morgan fingerprint density at radius 3 is 2.80 bits per heavy atom. The van der Waals surface area contributed by atoms with Crippen molar-refractivity contribution in [3.63, 3.8) is 0 Å². The van der Waals surface area contributed by atoms with Gasteiger partial charge in [0, 0.05) is 18.2 Å². The van der Waals surface area contributed by atoms with Gasteiger partial charge in [-0.25, -0.2) is 0 Å². The van der Waals surface area contributed by atoms with Gasteiger partial charge >= 0.3 is 0 Å². The van der Waals surface area contributed by atoms with Crippen molar-refractivity contribution < 1.29 is 14.5 Å². The Labute approximate surface area is 116 Å². The van der Waals surface area contributed by atoms with Crippen molar-refractivity contribution in [2.45, 2.75) is 31.9 Å². The van der Waals surface area contributed by atoms with Gasteiger partial charge in [0.25, 0.3) is 5.69 Å². The van der Waals surface area contributed by atoms with Crippen LogP contribution >= 0.6 is 0 Å². The molecule has 1 saturated heterocycles. The summed E-state index contributed by atoms with van der Waals surface area (Å²) in [7, 11) is 0. The van der Waals surface area contributed by atoms with Crippen molar-refractivity contribution in [2.75, 3.05) is 11.9 Å². The predicted molar refractivity (Wildman–Crippen MR) is 73.7 cm³/mol. The number of nitrogens with one attached hydrogen (secondary N) is 1. The van der Waals surface area contributed by atoms with E-state index in [1.54, 1.807) is 0 Å². The Hall–Kier alpha value is -2.15. The van der Waals surface area contributed by atoms with Crippen LogP contribution in [-0.2, 0) is 4.74 Å². The number of anilines is 1. The highest BCUT2D eigenvalue weighted by atomic mass is 16.6. The van der Waals surface area contributed by atoms with Crippen molar-refractivity contribution in [3.05, 3.63) is 33.9 Å². The first kappa shape index (κ1) is 14.3. The van der Waals surface area contributed by atoms with E-state index < -0.39 is 16.4 Å². The number of nitrogens with zero attached hydrogens (tertiary/aromatic N) is 1. The molecule has 2 rings (SSSR count). The van der Waals surface area contributed by atoms with Crippen LogP contribution in [0.4, 0.5) is 11.4 Å². The minimum Gasteiger partial charge on any atom is -0.376 e. The monoisotopic (exact) mass is 279 g/mol. The van der Waals surface area contributed by atoms with E-state index in [1.165, 1.54) is 18.2 Å². The molecule has 1 amide bonds. The van der Waals surface area contributed by atoms with E-state index in [0.717, 1.165) is 6.42 Å². The fraction of sp³-hybridized carbons (Fsp3) is 0.462. The molecule has 0 aromatic heterocycles. The first-order valence-corrected chi connectivity index (χ1v) is 6.31. The molecule has 3 N–H and O–H groups in total. The molecular weight excluding hydrogens is 262 g/mol. The Morgan fingerprint density at radius 1 is 1.60 bits per heavy atom. The molecule has 20 heavy (non-hydrogen) atoms. The molecule has 108 valence electrons. The lowest BCUT2D eigenvalue weighted by molar-refractivity contribution is -0.384. The number of ether oxygens (including phenoxy) is 1. The Balaban J connectivity index is 2.40. The number of nitro groups is 1. The molecule has 1 heterocycles. The minimum absolute atomic E-state index is 0.0839. The van der Waals surface area contributed by atoms with E-state index in [0.29, 0.717) is 6.61 Å². The van der Waals surface area contributed by atoms with Crippen molar-refractivity contribution >= 4 is 17.3 Å². The summed E-state index contributed by atoms with van der Waals surface area (Å²) in [6.07, 6.45) is 0.644. The van der Waals surface area contributed by atoms with Gasteiger partial charge in [-0.2, -0.15) is 0 Å². The van der Waals surface area contributed by atoms with Crippen LogP contribution in [-0.4, -0.2) is 29.1 Å². The fourth-order valence-corrected chi connectivity index (χ4v) is 2.26. The summed E-state index contributed by atoms with van der Waals surface area (Å²) in [4.78, 5) is 21.8. The first-order valence-electron chi connectivity index (χ1n) is 6.31. The molecule has 1 aliphatic heterocycles. The first-order chi connectivity index (χ1) is 9.33. The highest BCUT2D eigenvalue weighted by Crippen LogP contribution is 2.34. The lowest BCUT2D eigenvalue weighted by atomic mass is 9.94. The normalized spacial score (nSPS) is 25.4. The summed E-state index contributed by atoms with van der Waals surface area (Å²) >= 11 is 0. The van der Waals surface area contributed by atoms with Gasteiger partial charge in [-0.1, -0.05) is 0 Å². The van der Waals surface area contributed by atoms with Gasteiger partial charge in [-0.15, -0.1) is 0 Å². The SMILES string of the molecule is CC1OCCC1(C)Nc1cc(C(N)=O)ccc1[N+](=O)[O-]. The molecule has 7 nitrogen and oxygen atoms in total. The number of hydrogen-bond donors (Lipinski definition) is 2. The van der Waals surface area contributed by atoms with Crippen LogP contribution < -0.4 is 11.1 Å². The molecule has 0 radical (unpaired) electrons. The predicted octanol–water partition coefficient (Wildman–Crippen LogP) is 1.67. The third-order valence-electron chi connectivity index (χ3n) is 3.78. The summed E-state index contributed by atoms with van der Waals surface area (Å²) in [6.45, 7) is 4.43. The maximum atomic E-state index is 11.2. The number of nitro benzene ring substituents is 1. The molecule has 2 unspecified atom stereocenters. The minimum atomic E-state index is -0.621. The molecule has 0 spiro atoms. The summed E-state index contributed by atoms with van der Waals surface area (Å²) in [6, 6.07) is 4.05. The maximum Gasteiger partial charge on any atom is 0.292 e. The number of nitrogens with two attached hydrogens (primary N) is 1. The Kier molecular flexibility index (Phi) is 3.63. The van der Waals surface area contributed by atoms with Crippen molar-refractivity contribution in [3.8, 4) is 0 Å². The highest BCUT2D eigenvalue weighted by molar-refractivity contribution is 5.94. The van der Waals surface area contributed by atoms with Crippen LogP contribution in [0, 0.1) is 10.1 Å². The van der Waals surface area contributed by atoms with Gasteiger partial charge in [0.05, 0.1) is 16.6 Å². The molecule has 7 heteroatoms. The average molecular weight is 279 g/mol. The van der Waals surface area contributed by atoms with Gasteiger partial charge in [0.15, 0.2) is 0 Å². The smallest absolute Gasteiger partial charge is 0.292 e. The number of carbonyl (C=O) groups is 1. The molecule has 0 aliphatic carbocycles. The number of amides is 1. The second-order valence-electron chi connectivity index (χ2n) is 5.16. The summed E-state index contributed by atoms with van der Waals surface area (Å²) < 4.78 is 5.49. The topological polar surface area (TPSA) is 107 Å². The summed E-state index contributed by atoms with van der Waals surface area (Å²) in [5.74, 6) is -0.621. The number of hydrogen-bond acceptors (Lipinski definition) is 5. The van der Waals surface area contributed by atoms with E-state index in [2.05, 4.69) is 5.32 Å². The van der Waals surface area contributed by atoms with Gasteiger partial charge in [-0.3, -0.25) is 14.9 Å². The largest absolute Gasteiger partial charge is 0.376 e. The van der Waals surface area contributed by atoms with Crippen molar-refractivity contribution in [2.24, 2.45) is 5.73 Å². The van der Waals surface area contributed by atoms with Crippen LogP contribution in [0.3, 0.4) is 0 Å². The molecule has 1 aromatic carbocycles. The van der Waals surface area contributed by atoms with E-state index in [-0.39, 0.29) is 23.0 Å². The van der Waals surface area contributed by atoms with Crippen LogP contribution in [0.2, 0.25) is 0 Å². The van der Waals surface area contributed by atoms with Crippen LogP contribution in [0.5, 0.6) is 0 Å². The lowest BCUT2D eigenvalue weighted by Crippen LogP contribution is -2.41. The van der Waals surface area contributed by atoms with Crippen molar-refractivity contribution in [1.82, 2.24) is 0 Å². The molecule has 1 aromatic rings. The van der Waals surface area contributed by atoms with E-state index in [9.17, 15) is 14.9 Å². The zero-order valence-corrected chi connectivity index (χ0v) is 11.4. The van der Waals surface area contributed by atoms with E-state index in [1.807, 2.05) is 13.8 Å². The van der Waals surface area contributed by atoms with Gasteiger partial charge in [-0.05, 0) is 32.4 Å². The molecule has 2 atom stereocenters. The van der Waals surface area contributed by atoms with Gasteiger partial charge < -0.3 is 15.8 Å². The van der Waals surface area contributed by atoms with Crippen LogP contribution in [0.1, 0.15) is 30.6 Å². The Morgan fingerprint density at radius 2 is 2.30 bits per heavy atom. The van der Waals surface area contributed by atoms with E-state index in [4.69, 9.17) is 10.5 Å². The molecule has 0 saturated carbocycles. The molecular formula is C13H17N3O4. The van der Waals surface area contributed by atoms with Crippen LogP contribution in [0.25, 0.3) is 0 Å². The van der Waals surface area contributed by atoms with E-state index >= 15 is 0 Å². The summed E-state index contributed by atoms with van der Waals surface area (Å²) in [5, 5.41) is 14.2. The maximum absolute atomic E-state index is 11.2. The number of benzene rings is 1. The van der Waals surface area contributed by atoms with Gasteiger partial charge in [0.1, 0.15) is 5.69 Å². The molecule has 0 bridgehead atoms. The number of rotatable bonds is 4. The highest BCUT2D eigenvalue weighted by Gasteiger charge is 2.38. The summed E-state index contributed by atoms with van der Waals surface area (Å²) in [5.41, 5.74) is 5.23. The molecule has 1 fully saturated rings. The van der Waals surface area contributed by atoms with Gasteiger partial charge in [0.2, 0.25) is 5.91 Å². The van der Waals surface area contributed by atoms with Crippen LogP contribution in [0.15, 0.2) is 18.2 Å². The lowest BCUT2D eigenvalue weighted by Gasteiger charge is -2.30. The quantitative estimate of drug-likeness (QED) is 0.644. The standard InChI is InChI=1S/C13H17N3O4/c1-8-13(2,5-6-20-8)15-10-7-9(12(14)17)3-4-11(10)16(18)19/h3-4,7-8,15H,5-6H2,1-2H3,(H2,14,17). The molecule has 1 aliphatic rings. The second kappa shape index (κ2) is 5.09. The Bertz CT molecular complexity index is 561. The third-order valence-corrected chi connectivity index (χ3v) is 3.78. The second-order valence-corrected chi connectivity index (χ2v) is 5.16.